The third kappa shape index (κ3) is 4.10. The molecule has 0 bridgehead atoms. The molecule has 1 heterocycles. The first-order valence-corrected chi connectivity index (χ1v) is 8.20. The van der Waals surface area contributed by atoms with Crippen molar-refractivity contribution in [1.82, 2.24) is 9.55 Å². The summed E-state index contributed by atoms with van der Waals surface area (Å²) in [5.41, 5.74) is 4.23. The summed E-state index contributed by atoms with van der Waals surface area (Å²) in [6, 6.07) is 20.3. The number of aromatic nitrogens is 2. The maximum Gasteiger partial charge on any atom is 0.0956 e. The van der Waals surface area contributed by atoms with Gasteiger partial charge in [-0.3, -0.25) is 0 Å². The van der Waals surface area contributed by atoms with E-state index in [1.165, 1.54) is 0 Å². The molecule has 24 heavy (non-hydrogen) atoms. The molecule has 2 aromatic carbocycles. The molecular weight excluding hydrogens is 300 g/mol. The number of aryl methyl sites for hydroxylation is 1. The molecule has 0 saturated heterocycles. The van der Waals surface area contributed by atoms with Crippen LogP contribution in [0.15, 0.2) is 67.0 Å². The van der Waals surface area contributed by atoms with Gasteiger partial charge in [-0.25, -0.2) is 4.98 Å². The zero-order chi connectivity index (χ0) is 16.6. The molecule has 0 fully saturated rings. The second kappa shape index (κ2) is 8.43. The molecule has 0 atom stereocenters. The van der Waals surface area contributed by atoms with E-state index in [0.29, 0.717) is 19.6 Å². The van der Waals surface area contributed by atoms with E-state index in [0.717, 1.165) is 29.1 Å². The highest BCUT2D eigenvalue weighted by Gasteiger charge is 2.13. The van der Waals surface area contributed by atoms with Crippen LogP contribution in [0.5, 0.6) is 0 Å². The molecule has 0 aliphatic carbocycles. The molecule has 0 unspecified atom stereocenters. The third-order valence-electron chi connectivity index (χ3n) is 3.90. The van der Waals surface area contributed by atoms with Crippen LogP contribution in [0.4, 0.5) is 0 Å². The summed E-state index contributed by atoms with van der Waals surface area (Å²) in [4.78, 5) is 4.57. The van der Waals surface area contributed by atoms with E-state index >= 15 is 0 Å². The molecule has 0 radical (unpaired) electrons. The molecule has 0 spiro atoms. The van der Waals surface area contributed by atoms with E-state index < -0.39 is 0 Å². The molecule has 1 N–H and O–H groups in total. The average Bonchev–Trinajstić information content (AvgIpc) is 3.04. The first-order chi connectivity index (χ1) is 11.9. The first kappa shape index (κ1) is 16.4. The molecule has 0 aliphatic heterocycles. The van der Waals surface area contributed by atoms with Gasteiger partial charge in [-0.1, -0.05) is 60.7 Å². The first-order valence-electron chi connectivity index (χ1n) is 8.20. The van der Waals surface area contributed by atoms with Crippen LogP contribution in [0.2, 0.25) is 0 Å². The SMILES string of the molecule is OCCCn1cnc(-c2ccccc2)c1COCc1ccccc1. The number of hydrogen-bond donors (Lipinski definition) is 1. The van der Waals surface area contributed by atoms with Crippen LogP contribution in [0.1, 0.15) is 17.7 Å². The Kier molecular flexibility index (Phi) is 5.77. The summed E-state index contributed by atoms with van der Waals surface area (Å²) in [7, 11) is 0. The summed E-state index contributed by atoms with van der Waals surface area (Å²) in [6.45, 7) is 1.97. The Morgan fingerprint density at radius 1 is 0.917 bits per heavy atom. The fourth-order valence-electron chi connectivity index (χ4n) is 2.67. The lowest BCUT2D eigenvalue weighted by atomic mass is 10.1. The number of rotatable bonds is 8. The van der Waals surface area contributed by atoms with Gasteiger partial charge in [0.1, 0.15) is 0 Å². The van der Waals surface area contributed by atoms with Crippen molar-refractivity contribution in [2.45, 2.75) is 26.2 Å². The molecule has 3 rings (SSSR count). The van der Waals surface area contributed by atoms with Crippen molar-refractivity contribution in [3.63, 3.8) is 0 Å². The highest BCUT2D eigenvalue weighted by molar-refractivity contribution is 5.61. The molecule has 0 amide bonds. The minimum Gasteiger partial charge on any atom is -0.396 e. The molecule has 4 heteroatoms. The van der Waals surface area contributed by atoms with Crippen molar-refractivity contribution in [3.05, 3.63) is 78.2 Å². The fourth-order valence-corrected chi connectivity index (χ4v) is 2.67. The molecule has 4 nitrogen and oxygen atoms in total. The summed E-state index contributed by atoms with van der Waals surface area (Å²) < 4.78 is 8.00. The van der Waals surface area contributed by atoms with Gasteiger partial charge in [-0.05, 0) is 12.0 Å². The zero-order valence-corrected chi connectivity index (χ0v) is 13.6. The van der Waals surface area contributed by atoms with Gasteiger partial charge in [-0.2, -0.15) is 0 Å². The molecule has 0 saturated carbocycles. The standard InChI is InChI=1S/C20H22N2O2/c23-13-7-12-22-16-21-20(18-10-5-2-6-11-18)19(22)15-24-14-17-8-3-1-4-9-17/h1-6,8-11,16,23H,7,12-15H2. The summed E-state index contributed by atoms with van der Waals surface area (Å²) in [5.74, 6) is 0. The third-order valence-corrected chi connectivity index (χ3v) is 3.90. The van der Waals surface area contributed by atoms with Gasteiger partial charge in [0, 0.05) is 18.7 Å². The van der Waals surface area contributed by atoms with E-state index in [4.69, 9.17) is 9.84 Å². The van der Waals surface area contributed by atoms with Crippen LogP contribution in [0.3, 0.4) is 0 Å². The zero-order valence-electron chi connectivity index (χ0n) is 13.6. The quantitative estimate of drug-likeness (QED) is 0.688. The van der Waals surface area contributed by atoms with E-state index in [2.05, 4.69) is 33.8 Å². The number of ether oxygens (including phenoxy) is 1. The van der Waals surface area contributed by atoms with Gasteiger partial charge < -0.3 is 14.4 Å². The summed E-state index contributed by atoms with van der Waals surface area (Å²) >= 11 is 0. The molecule has 124 valence electrons. The Morgan fingerprint density at radius 3 is 2.33 bits per heavy atom. The monoisotopic (exact) mass is 322 g/mol. The fraction of sp³-hybridized carbons (Fsp3) is 0.250. The maximum absolute atomic E-state index is 9.10. The van der Waals surface area contributed by atoms with Gasteiger partial charge in [-0.15, -0.1) is 0 Å². The molecule has 0 aliphatic rings. The van der Waals surface area contributed by atoms with Crippen LogP contribution in [0.25, 0.3) is 11.3 Å². The number of imidazole rings is 1. The Labute approximate surface area is 142 Å². The molecular formula is C20H22N2O2. The highest BCUT2D eigenvalue weighted by atomic mass is 16.5. The summed E-state index contributed by atoms with van der Waals surface area (Å²) in [5, 5.41) is 9.10. The normalized spacial score (nSPS) is 10.9. The van der Waals surface area contributed by atoms with E-state index in [9.17, 15) is 0 Å². The maximum atomic E-state index is 9.10. The van der Waals surface area contributed by atoms with Crippen LogP contribution in [-0.4, -0.2) is 21.3 Å². The van der Waals surface area contributed by atoms with Crippen LogP contribution in [0, 0.1) is 0 Å². The van der Waals surface area contributed by atoms with Crippen molar-refractivity contribution in [3.8, 4) is 11.3 Å². The van der Waals surface area contributed by atoms with Gasteiger partial charge in [0.05, 0.1) is 30.9 Å². The predicted octanol–water partition coefficient (Wildman–Crippen LogP) is 3.65. The Balaban J connectivity index is 1.76. The predicted molar refractivity (Wildman–Crippen MR) is 94.3 cm³/mol. The topological polar surface area (TPSA) is 47.3 Å². The van der Waals surface area contributed by atoms with E-state index in [-0.39, 0.29) is 6.61 Å². The highest BCUT2D eigenvalue weighted by Crippen LogP contribution is 2.23. The van der Waals surface area contributed by atoms with Crippen molar-refractivity contribution >= 4 is 0 Å². The second-order valence-corrected chi connectivity index (χ2v) is 5.65. The van der Waals surface area contributed by atoms with Crippen LogP contribution >= 0.6 is 0 Å². The van der Waals surface area contributed by atoms with Crippen LogP contribution in [-0.2, 0) is 24.5 Å². The lowest BCUT2D eigenvalue weighted by molar-refractivity contribution is 0.102. The van der Waals surface area contributed by atoms with E-state index in [1.807, 2.05) is 42.7 Å². The molecule has 1 aromatic heterocycles. The number of nitrogens with zero attached hydrogens (tertiary/aromatic N) is 2. The smallest absolute Gasteiger partial charge is 0.0956 e. The largest absolute Gasteiger partial charge is 0.396 e. The van der Waals surface area contributed by atoms with Gasteiger partial charge in [0.15, 0.2) is 0 Å². The minimum absolute atomic E-state index is 0.170. The van der Waals surface area contributed by atoms with Gasteiger partial charge >= 0.3 is 0 Å². The lowest BCUT2D eigenvalue weighted by Gasteiger charge is -2.11. The van der Waals surface area contributed by atoms with Crippen molar-refractivity contribution < 1.29 is 9.84 Å². The van der Waals surface area contributed by atoms with Crippen molar-refractivity contribution in [1.29, 1.82) is 0 Å². The average molecular weight is 322 g/mol. The molecule has 3 aromatic rings. The van der Waals surface area contributed by atoms with E-state index in [1.54, 1.807) is 0 Å². The number of aliphatic hydroxyl groups excluding tert-OH is 1. The van der Waals surface area contributed by atoms with Gasteiger partial charge in [0.2, 0.25) is 0 Å². The Morgan fingerprint density at radius 2 is 1.62 bits per heavy atom. The lowest BCUT2D eigenvalue weighted by Crippen LogP contribution is -2.06. The number of aliphatic hydroxyl groups is 1. The number of benzene rings is 2. The van der Waals surface area contributed by atoms with Gasteiger partial charge in [0.25, 0.3) is 0 Å². The Bertz CT molecular complexity index is 739. The van der Waals surface area contributed by atoms with Crippen molar-refractivity contribution in [2.24, 2.45) is 0 Å². The summed E-state index contributed by atoms with van der Waals surface area (Å²) in [6.07, 6.45) is 2.54. The minimum atomic E-state index is 0.170. The number of hydrogen-bond acceptors (Lipinski definition) is 3. The van der Waals surface area contributed by atoms with Crippen molar-refractivity contribution in [2.75, 3.05) is 6.61 Å². The second-order valence-electron chi connectivity index (χ2n) is 5.65. The van der Waals surface area contributed by atoms with Crippen LogP contribution < -0.4 is 0 Å². The Hall–Kier alpha value is -2.43.